The van der Waals surface area contributed by atoms with Gasteiger partial charge in [0.05, 0.1) is 10.6 Å². The summed E-state index contributed by atoms with van der Waals surface area (Å²) in [6, 6.07) is 17.9. The van der Waals surface area contributed by atoms with Crippen molar-refractivity contribution < 1.29 is 4.79 Å². The van der Waals surface area contributed by atoms with Gasteiger partial charge in [-0.2, -0.15) is 0 Å². The molecule has 0 fully saturated rings. The van der Waals surface area contributed by atoms with Gasteiger partial charge in [0.25, 0.3) is 0 Å². The Morgan fingerprint density at radius 3 is 2.12 bits per heavy atom. The van der Waals surface area contributed by atoms with Gasteiger partial charge in [-0.15, -0.1) is 23.5 Å². The van der Waals surface area contributed by atoms with E-state index in [-0.39, 0.29) is 5.78 Å². The quantitative estimate of drug-likeness (QED) is 0.439. The molecule has 25 heavy (non-hydrogen) atoms. The van der Waals surface area contributed by atoms with Crippen LogP contribution in [0.4, 0.5) is 0 Å². The van der Waals surface area contributed by atoms with E-state index in [2.05, 4.69) is 17.1 Å². The van der Waals surface area contributed by atoms with Gasteiger partial charge in [0, 0.05) is 18.0 Å². The van der Waals surface area contributed by atoms with Crippen LogP contribution in [-0.4, -0.2) is 27.8 Å². The Morgan fingerprint density at radius 1 is 0.920 bits per heavy atom. The highest BCUT2D eigenvalue weighted by molar-refractivity contribution is 8.22. The first-order valence-corrected chi connectivity index (χ1v) is 10.2. The highest BCUT2D eigenvalue weighted by Crippen LogP contribution is 2.32. The first-order chi connectivity index (χ1) is 12.2. The second-order valence-corrected chi connectivity index (χ2v) is 7.18. The van der Waals surface area contributed by atoms with Gasteiger partial charge < -0.3 is 4.57 Å². The molecule has 0 radical (unpaired) electrons. The first-order valence-electron chi connectivity index (χ1n) is 7.75. The number of rotatable bonds is 6. The summed E-state index contributed by atoms with van der Waals surface area (Å²) in [4.78, 5) is 17.2. The Kier molecular flexibility index (Phi) is 5.79. The van der Waals surface area contributed by atoms with Crippen molar-refractivity contribution in [3.05, 3.63) is 83.1 Å². The van der Waals surface area contributed by atoms with E-state index < -0.39 is 0 Å². The molecule has 1 heterocycles. The molecule has 0 saturated heterocycles. The highest BCUT2D eigenvalue weighted by atomic mass is 32.2. The maximum absolute atomic E-state index is 13.1. The second kappa shape index (κ2) is 8.23. The van der Waals surface area contributed by atoms with E-state index in [1.54, 1.807) is 46.8 Å². The zero-order chi connectivity index (χ0) is 17.6. The van der Waals surface area contributed by atoms with Crippen LogP contribution < -0.4 is 0 Å². The molecular weight excluding hydrogens is 348 g/mol. The molecule has 3 rings (SSSR count). The maximum atomic E-state index is 13.1. The molecule has 0 amide bonds. The van der Waals surface area contributed by atoms with Gasteiger partial charge in [-0.3, -0.25) is 4.79 Å². The maximum Gasteiger partial charge on any atom is 0.211 e. The molecule has 0 aliphatic heterocycles. The monoisotopic (exact) mass is 366 g/mol. The number of Topliss-reactive ketones (excluding diaryl/α,β-unsaturated/α-hetero) is 1. The first kappa shape index (κ1) is 17.6. The topological polar surface area (TPSA) is 34.9 Å². The van der Waals surface area contributed by atoms with Crippen molar-refractivity contribution in [1.29, 1.82) is 0 Å². The Hall–Kier alpha value is -2.24. The van der Waals surface area contributed by atoms with Crippen molar-refractivity contribution in [2.45, 2.75) is 0 Å². The van der Waals surface area contributed by atoms with E-state index in [9.17, 15) is 4.79 Å². The molecule has 3 aromatic rings. The molecule has 126 valence electrons. The summed E-state index contributed by atoms with van der Waals surface area (Å²) in [6.45, 7) is 0. The van der Waals surface area contributed by atoms with Crippen molar-refractivity contribution in [3.63, 3.8) is 0 Å². The number of allylic oxidation sites excluding steroid dienone is 1. The molecule has 0 atom stereocenters. The zero-order valence-corrected chi connectivity index (χ0v) is 15.7. The normalized spacial score (nSPS) is 10.5. The Bertz CT molecular complexity index is 864. The average molecular weight is 367 g/mol. The molecule has 0 unspecified atom stereocenters. The minimum atomic E-state index is -0.00342. The summed E-state index contributed by atoms with van der Waals surface area (Å²) in [5, 5.41) is 0. The molecule has 2 aromatic carbocycles. The SMILES string of the molecule is CSC(SC)=C(C(=O)c1ccc(-c2ccccc2)cc1)n1ccnc1. The van der Waals surface area contributed by atoms with Crippen molar-refractivity contribution in [3.8, 4) is 11.1 Å². The molecule has 0 N–H and O–H groups in total. The third kappa shape index (κ3) is 3.89. The van der Waals surface area contributed by atoms with Crippen LogP contribution in [0.25, 0.3) is 16.8 Å². The van der Waals surface area contributed by atoms with E-state index in [0.29, 0.717) is 11.3 Å². The van der Waals surface area contributed by atoms with Crippen molar-refractivity contribution in [2.24, 2.45) is 0 Å². The Labute approximate surface area is 156 Å². The van der Waals surface area contributed by atoms with Gasteiger partial charge in [0.2, 0.25) is 5.78 Å². The van der Waals surface area contributed by atoms with Crippen LogP contribution in [0.15, 0.2) is 77.6 Å². The lowest BCUT2D eigenvalue weighted by Gasteiger charge is -2.12. The lowest BCUT2D eigenvalue weighted by molar-refractivity contribution is 0.105. The van der Waals surface area contributed by atoms with Crippen molar-refractivity contribution >= 4 is 35.0 Å². The largest absolute Gasteiger partial charge is 0.301 e. The summed E-state index contributed by atoms with van der Waals surface area (Å²) in [5.74, 6) is -0.00342. The summed E-state index contributed by atoms with van der Waals surface area (Å²) >= 11 is 3.14. The fourth-order valence-corrected chi connectivity index (χ4v) is 4.01. The van der Waals surface area contributed by atoms with E-state index in [0.717, 1.165) is 15.4 Å². The summed E-state index contributed by atoms with van der Waals surface area (Å²) in [5.41, 5.74) is 3.55. The van der Waals surface area contributed by atoms with Crippen LogP contribution in [0.5, 0.6) is 0 Å². The summed E-state index contributed by atoms with van der Waals surface area (Å²) in [7, 11) is 0. The van der Waals surface area contributed by atoms with E-state index in [1.165, 1.54) is 0 Å². The molecule has 0 aliphatic rings. The van der Waals surface area contributed by atoms with Gasteiger partial charge in [-0.05, 0) is 23.6 Å². The van der Waals surface area contributed by atoms with E-state index in [1.807, 2.05) is 55.0 Å². The van der Waals surface area contributed by atoms with Crippen molar-refractivity contribution in [1.82, 2.24) is 9.55 Å². The summed E-state index contributed by atoms with van der Waals surface area (Å²) < 4.78 is 2.76. The third-order valence-corrected chi connectivity index (χ3v) is 5.92. The molecule has 0 bridgehead atoms. The Balaban J connectivity index is 1.97. The van der Waals surface area contributed by atoms with E-state index in [4.69, 9.17) is 0 Å². The summed E-state index contributed by atoms with van der Waals surface area (Å²) in [6.07, 6.45) is 9.11. The molecule has 0 saturated carbocycles. The highest BCUT2D eigenvalue weighted by Gasteiger charge is 2.19. The van der Waals surface area contributed by atoms with Crippen LogP contribution in [0.3, 0.4) is 0 Å². The second-order valence-electron chi connectivity index (χ2n) is 5.29. The molecule has 5 heteroatoms. The molecule has 3 nitrogen and oxygen atoms in total. The zero-order valence-electron chi connectivity index (χ0n) is 14.0. The van der Waals surface area contributed by atoms with Crippen LogP contribution in [0.2, 0.25) is 0 Å². The van der Waals surface area contributed by atoms with Gasteiger partial charge in [-0.1, -0.05) is 54.6 Å². The average Bonchev–Trinajstić information content (AvgIpc) is 3.20. The smallest absolute Gasteiger partial charge is 0.211 e. The number of ketones is 1. The molecular formula is C20H18N2OS2. The lowest BCUT2D eigenvalue weighted by Crippen LogP contribution is -2.09. The number of nitrogens with zero attached hydrogens (tertiary/aromatic N) is 2. The fraction of sp³-hybridized carbons (Fsp3) is 0.100. The number of aromatic nitrogens is 2. The molecule has 1 aromatic heterocycles. The van der Waals surface area contributed by atoms with Gasteiger partial charge in [0.15, 0.2) is 0 Å². The molecule has 0 aliphatic carbocycles. The van der Waals surface area contributed by atoms with E-state index >= 15 is 0 Å². The number of hydrogen-bond acceptors (Lipinski definition) is 4. The van der Waals surface area contributed by atoms with Crippen LogP contribution >= 0.6 is 23.5 Å². The van der Waals surface area contributed by atoms with Gasteiger partial charge in [0.1, 0.15) is 5.70 Å². The lowest BCUT2D eigenvalue weighted by atomic mass is 10.0. The minimum Gasteiger partial charge on any atom is -0.301 e. The minimum absolute atomic E-state index is 0.00342. The Morgan fingerprint density at radius 2 is 1.56 bits per heavy atom. The number of carbonyl (C=O) groups excluding carboxylic acids is 1. The predicted octanol–water partition coefficient (Wildman–Crippen LogP) is 5.29. The molecule has 0 spiro atoms. The van der Waals surface area contributed by atoms with Gasteiger partial charge >= 0.3 is 0 Å². The number of imidazole rings is 1. The van der Waals surface area contributed by atoms with Crippen LogP contribution in [0.1, 0.15) is 10.4 Å². The standard InChI is InChI=1S/C20H18N2OS2/c1-24-20(25-2)18(22-13-12-21-14-22)19(23)17-10-8-16(9-11-17)15-6-4-3-5-7-15/h3-14H,1-2H3. The van der Waals surface area contributed by atoms with Crippen molar-refractivity contribution in [2.75, 3.05) is 12.5 Å². The fourth-order valence-electron chi connectivity index (χ4n) is 2.56. The van der Waals surface area contributed by atoms with Crippen LogP contribution in [-0.2, 0) is 0 Å². The van der Waals surface area contributed by atoms with Crippen LogP contribution in [0, 0.1) is 0 Å². The van der Waals surface area contributed by atoms with Gasteiger partial charge in [-0.25, -0.2) is 4.98 Å². The third-order valence-electron chi connectivity index (χ3n) is 3.80. The number of thioether (sulfide) groups is 2. The number of hydrogen-bond donors (Lipinski definition) is 0. The predicted molar refractivity (Wildman–Crippen MR) is 109 cm³/mol. The number of carbonyl (C=O) groups is 1. The number of benzene rings is 2.